The highest BCUT2D eigenvalue weighted by atomic mass is 16.5. The van der Waals surface area contributed by atoms with E-state index in [4.69, 9.17) is 10.00 Å². The molecule has 0 aromatic rings. The molecule has 0 saturated carbocycles. The van der Waals surface area contributed by atoms with Crippen LogP contribution in [0.5, 0.6) is 0 Å². The van der Waals surface area contributed by atoms with Crippen molar-refractivity contribution < 1.29 is 4.74 Å². The summed E-state index contributed by atoms with van der Waals surface area (Å²) in [5.74, 6) is 0. The molecule has 2 saturated heterocycles. The molecule has 14 heavy (non-hydrogen) atoms. The van der Waals surface area contributed by atoms with E-state index in [2.05, 4.69) is 23.3 Å². The monoisotopic (exact) mass is 195 g/mol. The summed E-state index contributed by atoms with van der Waals surface area (Å²) >= 11 is 0. The number of nitriles is 1. The van der Waals surface area contributed by atoms with Crippen molar-refractivity contribution in [2.45, 2.75) is 12.5 Å². The Balaban J connectivity index is 1.74. The number of ether oxygens (including phenoxy) is 1. The number of hydrogen-bond acceptors (Lipinski definition) is 4. The third-order valence-corrected chi connectivity index (χ3v) is 3.11. The van der Waals surface area contributed by atoms with E-state index in [0.717, 1.165) is 19.6 Å². The smallest absolute Gasteiger partial charge is 0.116 e. The van der Waals surface area contributed by atoms with Crippen LogP contribution in [0.4, 0.5) is 0 Å². The number of likely N-dealkylation sites (tertiary alicyclic amines) is 1. The maximum Gasteiger partial charge on any atom is 0.116 e. The van der Waals surface area contributed by atoms with Crippen molar-refractivity contribution in [3.8, 4) is 6.07 Å². The zero-order valence-corrected chi connectivity index (χ0v) is 8.62. The maximum absolute atomic E-state index is 8.98. The lowest BCUT2D eigenvalue weighted by molar-refractivity contribution is -0.0763. The summed E-state index contributed by atoms with van der Waals surface area (Å²) in [7, 11) is 2.13. The fourth-order valence-electron chi connectivity index (χ4n) is 2.00. The van der Waals surface area contributed by atoms with Crippen molar-refractivity contribution in [2.24, 2.45) is 5.41 Å². The van der Waals surface area contributed by atoms with E-state index >= 15 is 0 Å². The summed E-state index contributed by atoms with van der Waals surface area (Å²) < 4.78 is 5.09. The number of likely N-dealkylation sites (N-methyl/N-ethyl adjacent to an activating group) is 1. The van der Waals surface area contributed by atoms with Gasteiger partial charge >= 0.3 is 0 Å². The Morgan fingerprint density at radius 1 is 1.64 bits per heavy atom. The van der Waals surface area contributed by atoms with Crippen LogP contribution in [0, 0.1) is 16.7 Å². The second-order valence-electron chi connectivity index (χ2n) is 4.51. The van der Waals surface area contributed by atoms with E-state index < -0.39 is 0 Å². The highest BCUT2D eigenvalue weighted by molar-refractivity contribution is 5.05. The molecule has 0 amide bonds. The van der Waals surface area contributed by atoms with E-state index in [1.807, 2.05) is 0 Å². The average Bonchev–Trinajstić information content (AvgIpc) is 2.50. The SMILES string of the molecule is CN1CCC(NCC2(C#N)COC2)C1. The first kappa shape index (κ1) is 9.91. The van der Waals surface area contributed by atoms with Gasteiger partial charge in [-0.1, -0.05) is 0 Å². The van der Waals surface area contributed by atoms with E-state index in [0.29, 0.717) is 19.3 Å². The van der Waals surface area contributed by atoms with Crippen LogP contribution in [-0.4, -0.2) is 50.8 Å². The molecule has 0 aromatic heterocycles. The summed E-state index contributed by atoms with van der Waals surface area (Å²) in [6.45, 7) is 4.23. The molecule has 4 nitrogen and oxygen atoms in total. The van der Waals surface area contributed by atoms with E-state index in [1.165, 1.54) is 6.42 Å². The van der Waals surface area contributed by atoms with Gasteiger partial charge < -0.3 is 15.0 Å². The van der Waals surface area contributed by atoms with Crippen molar-refractivity contribution in [2.75, 3.05) is 39.9 Å². The van der Waals surface area contributed by atoms with Gasteiger partial charge in [-0.3, -0.25) is 0 Å². The highest BCUT2D eigenvalue weighted by Gasteiger charge is 2.39. The number of nitrogens with one attached hydrogen (secondary N) is 1. The molecule has 0 spiro atoms. The Hall–Kier alpha value is -0.630. The van der Waals surface area contributed by atoms with Crippen LogP contribution >= 0.6 is 0 Å². The number of rotatable bonds is 3. The van der Waals surface area contributed by atoms with E-state index in [9.17, 15) is 0 Å². The summed E-state index contributed by atoms with van der Waals surface area (Å²) in [6.07, 6.45) is 1.19. The zero-order chi connectivity index (χ0) is 10.0. The molecule has 1 unspecified atom stereocenters. The molecule has 2 fully saturated rings. The van der Waals surface area contributed by atoms with E-state index in [1.54, 1.807) is 0 Å². The molecular formula is C10H17N3O. The third kappa shape index (κ3) is 1.90. The summed E-state index contributed by atoms with van der Waals surface area (Å²) in [5, 5.41) is 12.4. The van der Waals surface area contributed by atoms with Crippen molar-refractivity contribution in [1.29, 1.82) is 5.26 Å². The van der Waals surface area contributed by atoms with Gasteiger partial charge in [-0.25, -0.2) is 0 Å². The van der Waals surface area contributed by atoms with Crippen LogP contribution in [0.3, 0.4) is 0 Å². The zero-order valence-electron chi connectivity index (χ0n) is 8.62. The van der Waals surface area contributed by atoms with Gasteiger partial charge in [0.15, 0.2) is 0 Å². The molecular weight excluding hydrogens is 178 g/mol. The second kappa shape index (κ2) is 3.85. The van der Waals surface area contributed by atoms with Gasteiger partial charge in [0.1, 0.15) is 5.41 Å². The van der Waals surface area contributed by atoms with Crippen molar-refractivity contribution in [3.63, 3.8) is 0 Å². The molecule has 0 aromatic carbocycles. The minimum atomic E-state index is -0.235. The van der Waals surface area contributed by atoms with Crippen LogP contribution in [0.2, 0.25) is 0 Å². The minimum absolute atomic E-state index is 0.235. The first-order chi connectivity index (χ1) is 6.74. The van der Waals surface area contributed by atoms with Gasteiger partial charge in [-0.05, 0) is 20.0 Å². The van der Waals surface area contributed by atoms with Crippen LogP contribution in [-0.2, 0) is 4.74 Å². The van der Waals surface area contributed by atoms with Crippen molar-refractivity contribution >= 4 is 0 Å². The van der Waals surface area contributed by atoms with Crippen LogP contribution in [0.1, 0.15) is 6.42 Å². The lowest BCUT2D eigenvalue weighted by atomic mass is 9.87. The molecule has 2 rings (SSSR count). The number of hydrogen-bond donors (Lipinski definition) is 1. The summed E-state index contributed by atoms with van der Waals surface area (Å²) in [4.78, 5) is 2.31. The van der Waals surface area contributed by atoms with Gasteiger partial charge in [-0.15, -0.1) is 0 Å². The van der Waals surface area contributed by atoms with Gasteiger partial charge in [0.2, 0.25) is 0 Å². The van der Waals surface area contributed by atoms with Crippen molar-refractivity contribution in [1.82, 2.24) is 10.2 Å². The molecule has 1 atom stereocenters. The summed E-state index contributed by atoms with van der Waals surface area (Å²) in [6, 6.07) is 2.91. The Kier molecular flexibility index (Phi) is 2.73. The molecule has 2 aliphatic rings. The Morgan fingerprint density at radius 3 is 2.86 bits per heavy atom. The number of nitrogens with zero attached hydrogens (tertiary/aromatic N) is 2. The molecule has 2 heterocycles. The molecule has 2 aliphatic heterocycles. The molecule has 0 bridgehead atoms. The Labute approximate surface area is 84.8 Å². The minimum Gasteiger partial charge on any atom is -0.378 e. The first-order valence-electron chi connectivity index (χ1n) is 5.15. The van der Waals surface area contributed by atoms with Crippen LogP contribution in [0.15, 0.2) is 0 Å². The van der Waals surface area contributed by atoms with Gasteiger partial charge in [0.05, 0.1) is 19.3 Å². The Bertz CT molecular complexity index is 244. The normalized spacial score (nSPS) is 31.0. The van der Waals surface area contributed by atoms with Crippen LogP contribution in [0.25, 0.3) is 0 Å². The second-order valence-corrected chi connectivity index (χ2v) is 4.51. The average molecular weight is 195 g/mol. The first-order valence-corrected chi connectivity index (χ1v) is 5.15. The van der Waals surface area contributed by atoms with Gasteiger partial charge in [-0.2, -0.15) is 5.26 Å². The lowest BCUT2D eigenvalue weighted by Gasteiger charge is -2.35. The molecule has 4 heteroatoms. The standard InChI is InChI=1S/C10H17N3O/c1-13-3-2-9(4-13)12-6-10(5-11)7-14-8-10/h9,12H,2-4,6-8H2,1H3. The molecule has 0 radical (unpaired) electrons. The lowest BCUT2D eigenvalue weighted by Crippen LogP contribution is -2.51. The summed E-state index contributed by atoms with van der Waals surface area (Å²) in [5.41, 5.74) is -0.235. The van der Waals surface area contributed by atoms with E-state index in [-0.39, 0.29) is 5.41 Å². The maximum atomic E-state index is 8.98. The largest absolute Gasteiger partial charge is 0.378 e. The Morgan fingerprint density at radius 2 is 2.43 bits per heavy atom. The van der Waals surface area contributed by atoms with Crippen molar-refractivity contribution in [3.05, 3.63) is 0 Å². The third-order valence-electron chi connectivity index (χ3n) is 3.11. The predicted octanol–water partition coefficient (Wildman–Crippen LogP) is -0.180. The fraction of sp³-hybridized carbons (Fsp3) is 0.900. The van der Waals surface area contributed by atoms with Gasteiger partial charge in [0.25, 0.3) is 0 Å². The molecule has 78 valence electrons. The molecule has 1 N–H and O–H groups in total. The fourth-order valence-corrected chi connectivity index (χ4v) is 2.00. The quantitative estimate of drug-likeness (QED) is 0.678. The highest BCUT2D eigenvalue weighted by Crippen LogP contribution is 2.25. The molecule has 0 aliphatic carbocycles. The topological polar surface area (TPSA) is 48.3 Å². The van der Waals surface area contributed by atoms with Gasteiger partial charge in [0, 0.05) is 19.1 Å². The predicted molar refractivity (Wildman–Crippen MR) is 52.8 cm³/mol. The van der Waals surface area contributed by atoms with Crippen LogP contribution < -0.4 is 5.32 Å².